The van der Waals surface area contributed by atoms with Crippen LogP contribution in [0.25, 0.3) is 0 Å². The summed E-state index contributed by atoms with van der Waals surface area (Å²) in [4.78, 5) is 37.6. The topological polar surface area (TPSA) is 354 Å². The summed E-state index contributed by atoms with van der Waals surface area (Å²) >= 11 is 0. The molecule has 3 aliphatic heterocycles. The van der Waals surface area contributed by atoms with Gasteiger partial charge in [0.15, 0.2) is 12.1 Å². The van der Waals surface area contributed by atoms with Crippen LogP contribution in [0.1, 0.15) is 79.1 Å². The molecule has 3 heterocycles. The van der Waals surface area contributed by atoms with Gasteiger partial charge in [0.2, 0.25) is 5.91 Å². The van der Waals surface area contributed by atoms with E-state index in [4.69, 9.17) is 30.4 Å². The maximum Gasteiger partial charge on any atom is 0.341 e. The molecule has 2 bridgehead atoms. The maximum atomic E-state index is 14.3. The van der Waals surface area contributed by atoms with Crippen molar-refractivity contribution < 1.29 is 93.2 Å². The second-order valence-corrected chi connectivity index (χ2v) is 19.0. The van der Waals surface area contributed by atoms with Crippen molar-refractivity contribution >= 4 is 17.8 Å². The van der Waals surface area contributed by atoms with Gasteiger partial charge in [-0.2, -0.15) is 8.78 Å². The van der Waals surface area contributed by atoms with Gasteiger partial charge in [0.05, 0.1) is 92.1 Å². The number of esters is 1. The van der Waals surface area contributed by atoms with Gasteiger partial charge in [-0.1, -0.05) is 98.9 Å². The van der Waals surface area contributed by atoms with Crippen LogP contribution in [0.2, 0.25) is 0 Å². The van der Waals surface area contributed by atoms with Crippen LogP contribution in [0.5, 0.6) is 0 Å². The van der Waals surface area contributed by atoms with Crippen molar-refractivity contribution in [2.45, 2.75) is 182 Å². The molecule has 0 spiro atoms. The minimum absolute atomic E-state index is 0.164. The van der Waals surface area contributed by atoms with E-state index in [0.29, 0.717) is 0 Å². The van der Waals surface area contributed by atoms with Crippen LogP contribution in [-0.4, -0.2) is 179 Å². The van der Waals surface area contributed by atoms with Gasteiger partial charge in [0.25, 0.3) is 5.91 Å². The molecule has 2 amide bonds. The van der Waals surface area contributed by atoms with Gasteiger partial charge >= 0.3 is 11.9 Å². The van der Waals surface area contributed by atoms with Crippen LogP contribution < -0.4 is 16.8 Å². The van der Waals surface area contributed by atoms with E-state index < -0.39 is 172 Å². The first-order valence-corrected chi connectivity index (χ1v) is 24.2. The average Bonchev–Trinajstić information content (AvgIpc) is 3.29. The summed E-state index contributed by atoms with van der Waals surface area (Å²) in [5, 5.41) is 111. The molecule has 2 saturated heterocycles. The van der Waals surface area contributed by atoms with Gasteiger partial charge < -0.3 is 86.8 Å². The minimum atomic E-state index is -4.20. The predicted octanol–water partition coefficient (Wildman–Crippen LogP) is -0.136. The summed E-state index contributed by atoms with van der Waals surface area (Å²) in [7, 11) is 0. The molecule has 15 N–H and O–H groups in total. The summed E-state index contributed by atoms with van der Waals surface area (Å²) in [6.07, 6.45) is 0.693. The summed E-state index contributed by atoms with van der Waals surface area (Å²) in [6, 6.07) is -1.24. The molecular formula is C50H77F2N3O17. The zero-order valence-corrected chi connectivity index (χ0v) is 41.1. The number of rotatable bonds is 6. The number of alkyl halides is 2. The zero-order chi connectivity index (χ0) is 53.9. The number of aliphatic hydroxyl groups excluding tert-OH is 9. The van der Waals surface area contributed by atoms with Crippen LogP contribution in [0.4, 0.5) is 8.78 Å². The molecule has 2 fully saturated rings. The van der Waals surface area contributed by atoms with Crippen LogP contribution in [0.15, 0.2) is 85.1 Å². The zero-order valence-electron chi connectivity index (χ0n) is 41.1. The second-order valence-electron chi connectivity index (χ2n) is 19.0. The van der Waals surface area contributed by atoms with Crippen molar-refractivity contribution in [2.75, 3.05) is 6.54 Å². The number of carbonyl (C=O) groups is 3. The summed E-state index contributed by atoms with van der Waals surface area (Å²) in [5.41, 5.74) is 10.8. The van der Waals surface area contributed by atoms with E-state index in [1.54, 1.807) is 86.8 Å². The number of fused-ring (bicyclic) bond motifs is 2. The number of allylic oxidation sites excluding steroid dienone is 12. The van der Waals surface area contributed by atoms with Crippen LogP contribution in [0, 0.1) is 17.8 Å². The molecule has 0 aromatic heterocycles. The van der Waals surface area contributed by atoms with Crippen molar-refractivity contribution in [3.05, 3.63) is 85.1 Å². The number of halogens is 2. The highest BCUT2D eigenvalue weighted by atomic mass is 19.3. The van der Waals surface area contributed by atoms with Crippen molar-refractivity contribution in [2.24, 2.45) is 29.2 Å². The van der Waals surface area contributed by atoms with Gasteiger partial charge in [-0.05, 0) is 33.1 Å². The molecule has 22 heteroatoms. The Kier molecular flexibility index (Phi) is 25.6. The van der Waals surface area contributed by atoms with E-state index in [1.807, 2.05) is 12.2 Å². The molecule has 408 valence electrons. The van der Waals surface area contributed by atoms with E-state index in [1.165, 1.54) is 19.1 Å². The van der Waals surface area contributed by atoms with Crippen molar-refractivity contribution in [3.63, 3.8) is 0 Å². The third kappa shape index (κ3) is 20.3. The summed E-state index contributed by atoms with van der Waals surface area (Å²) in [5.74, 6) is -13.3. The lowest BCUT2D eigenvalue weighted by Crippen LogP contribution is -2.62. The smallest absolute Gasteiger partial charge is 0.341 e. The van der Waals surface area contributed by atoms with Gasteiger partial charge in [-0.3, -0.25) is 14.4 Å². The Morgan fingerprint density at radius 3 is 1.88 bits per heavy atom. The van der Waals surface area contributed by atoms with E-state index in [0.717, 1.165) is 0 Å². The average molecular weight is 1030 g/mol. The molecule has 20 nitrogen and oxygen atoms in total. The number of amides is 2. The predicted molar refractivity (Wildman–Crippen MR) is 257 cm³/mol. The van der Waals surface area contributed by atoms with Crippen LogP contribution >= 0.6 is 0 Å². The van der Waals surface area contributed by atoms with Crippen molar-refractivity contribution in [3.8, 4) is 0 Å². The molecule has 0 radical (unpaired) electrons. The number of cyclic esters (lactones) is 1. The second kappa shape index (κ2) is 29.7. The third-order valence-corrected chi connectivity index (χ3v) is 12.9. The third-order valence-electron chi connectivity index (χ3n) is 12.9. The highest BCUT2D eigenvalue weighted by Gasteiger charge is 2.51. The number of carbonyl (C=O) groups excluding carboxylic acids is 3. The number of nitrogens with two attached hydrogens (primary N) is 2. The number of hydrogen-bond acceptors (Lipinski definition) is 18. The van der Waals surface area contributed by atoms with E-state index in [-0.39, 0.29) is 25.2 Å². The van der Waals surface area contributed by atoms with E-state index in [2.05, 4.69) is 0 Å². The van der Waals surface area contributed by atoms with Gasteiger partial charge in [0, 0.05) is 37.5 Å². The Hall–Kier alpha value is -4.11. The first-order valence-electron chi connectivity index (χ1n) is 24.2. The lowest BCUT2D eigenvalue weighted by atomic mass is 9.82. The molecule has 3 aliphatic rings. The number of aliphatic hydroxyl groups is 10. The summed E-state index contributed by atoms with van der Waals surface area (Å²) in [6.45, 7) is 5.07. The molecular weight excluding hydrogens is 953 g/mol. The molecule has 0 unspecified atom stereocenters. The first kappa shape index (κ1) is 62.2. The van der Waals surface area contributed by atoms with Crippen LogP contribution in [-0.2, 0) is 33.3 Å². The first-order chi connectivity index (χ1) is 33.7. The van der Waals surface area contributed by atoms with E-state index >= 15 is 0 Å². The number of ether oxygens (including phenoxy) is 4. The van der Waals surface area contributed by atoms with E-state index in [9.17, 15) is 74.2 Å². The molecule has 0 aromatic carbocycles. The fourth-order valence-corrected chi connectivity index (χ4v) is 8.39. The lowest BCUT2D eigenvalue weighted by molar-refractivity contribution is -0.307. The Bertz CT molecular complexity index is 1920. The lowest BCUT2D eigenvalue weighted by Gasteiger charge is -2.46. The quantitative estimate of drug-likeness (QED) is 0.154. The fourth-order valence-electron chi connectivity index (χ4n) is 8.39. The molecule has 19 atom stereocenters. The number of nitrogens with one attached hydrogen (secondary N) is 1. The SMILES string of the molecule is C[C@@H]1[C@H](O)[C@@H](C)/C=C/C=C/C=C/C=C/C=C/C=C/C=C/[C@H](O[C@@H]2O[C@H](C)[C@@H](O)[C@H](N)[C@@H]2O)C[C@@H]2O[C@](O)(C[C@@H](O)C[C@@H](O)[C@H](O)CC[C@@H](O)C[C@@H](O)CC(=O)O[C@H]1C)C[C@H](O)[C@H]2C(=O)NCC(F)(F)C(N)=O. The van der Waals surface area contributed by atoms with Crippen molar-refractivity contribution in [1.82, 2.24) is 5.32 Å². The monoisotopic (exact) mass is 1030 g/mol. The van der Waals surface area contributed by atoms with Gasteiger partial charge in [0.1, 0.15) is 12.2 Å². The van der Waals surface area contributed by atoms with Crippen LogP contribution in [0.3, 0.4) is 0 Å². The molecule has 72 heavy (non-hydrogen) atoms. The molecule has 0 saturated carbocycles. The number of primary amides is 1. The molecule has 3 rings (SSSR count). The normalized spacial score (nSPS) is 42.4. The molecule has 0 aliphatic carbocycles. The molecule has 0 aromatic rings. The van der Waals surface area contributed by atoms with Gasteiger partial charge in [-0.25, -0.2) is 0 Å². The Balaban J connectivity index is 1.96. The largest absolute Gasteiger partial charge is 0.462 e. The Labute approximate surface area is 418 Å². The Morgan fingerprint density at radius 2 is 1.29 bits per heavy atom. The minimum Gasteiger partial charge on any atom is -0.462 e. The number of hydrogen-bond donors (Lipinski definition) is 13. The highest BCUT2D eigenvalue weighted by molar-refractivity contribution is 5.84. The van der Waals surface area contributed by atoms with Gasteiger partial charge in [-0.15, -0.1) is 0 Å². The standard InChI is InChI=1S/C50H77F2N3O17/c1-28-17-15-13-11-9-7-5-6-8-10-12-14-16-18-35(71-47-45(65)42(53)44(64)31(4)70-47)24-39-41(46(66)55-27-50(51,52)48(54)67)38(61)26-49(68,72-39)25-34(58)22-37(60)36(59)20-19-32(56)21-33(57)23-40(62)69-30(3)29(2)43(28)63/h5-18,28-39,41-45,47,56-61,63-65,68H,19-27,53H2,1-4H3,(H2,54,67)(H,55,66)/b6-5+,9-7+,10-8+,13-11+,14-12+,17-15+,18-16+/t28-,29-,30-,31+,32+,33+,34-,35-,36+,37+,38-,39-,41+,42-,43+,44+,45-,47-,49+/m0/s1. The highest BCUT2D eigenvalue weighted by Crippen LogP contribution is 2.38. The van der Waals surface area contributed by atoms with Crippen molar-refractivity contribution in [1.29, 1.82) is 0 Å². The fraction of sp³-hybridized carbons (Fsp3) is 0.660. The summed E-state index contributed by atoms with van der Waals surface area (Å²) < 4.78 is 51.8. The maximum absolute atomic E-state index is 14.3. The Morgan fingerprint density at radius 1 is 0.722 bits per heavy atom.